The molecule has 1 aliphatic carbocycles. The average molecular weight is 335 g/mol. The maximum absolute atomic E-state index is 9.18. The predicted molar refractivity (Wildman–Crippen MR) is 91.1 cm³/mol. The Kier molecular flexibility index (Phi) is 3.90. The van der Waals surface area contributed by atoms with Gasteiger partial charge in [-0.2, -0.15) is 10.2 Å². The van der Waals surface area contributed by atoms with Gasteiger partial charge in [-0.3, -0.25) is 0 Å². The van der Waals surface area contributed by atoms with Gasteiger partial charge in [-0.05, 0) is 44.0 Å². The molecule has 0 unspecified atom stereocenters. The first-order valence-corrected chi connectivity index (χ1v) is 8.17. The third-order valence-corrected chi connectivity index (χ3v) is 3.92. The van der Waals surface area contributed by atoms with Crippen molar-refractivity contribution in [1.82, 2.24) is 4.98 Å². The molecule has 0 aliphatic heterocycles. The number of rotatable bonds is 6. The minimum absolute atomic E-state index is 0.246. The average Bonchev–Trinajstić information content (AvgIpc) is 3.16. The Labute approximate surface area is 145 Å². The molecule has 1 N–H and O–H groups in total. The van der Waals surface area contributed by atoms with E-state index in [4.69, 9.17) is 13.6 Å². The maximum atomic E-state index is 9.18. The summed E-state index contributed by atoms with van der Waals surface area (Å²) in [5, 5.41) is 12.3. The van der Waals surface area contributed by atoms with Crippen LogP contribution in [0.1, 0.15) is 29.9 Å². The van der Waals surface area contributed by atoms with Gasteiger partial charge in [-0.1, -0.05) is 17.7 Å². The first kappa shape index (κ1) is 15.3. The van der Waals surface area contributed by atoms with Gasteiger partial charge in [-0.15, -0.1) is 0 Å². The van der Waals surface area contributed by atoms with Crippen LogP contribution in [0.4, 0.5) is 5.88 Å². The molecule has 6 heteroatoms. The fourth-order valence-corrected chi connectivity index (χ4v) is 2.37. The quantitative estimate of drug-likeness (QED) is 0.724. The van der Waals surface area contributed by atoms with Crippen LogP contribution in [0.5, 0.6) is 5.75 Å². The fourth-order valence-electron chi connectivity index (χ4n) is 2.37. The zero-order valence-corrected chi connectivity index (χ0v) is 13.8. The van der Waals surface area contributed by atoms with Gasteiger partial charge in [0.05, 0.1) is 0 Å². The van der Waals surface area contributed by atoms with E-state index in [1.165, 1.54) is 5.56 Å². The standard InChI is InChI=1S/C19H17N3O3/c1-12-2-6-14(7-3-12)23-11-15-8-9-17(24-15)19-22-16(10-20)18(25-19)21-13-4-5-13/h2-3,6-9,13,21H,4-5,11H2,1H3. The van der Waals surface area contributed by atoms with Gasteiger partial charge in [-0.25, -0.2) is 0 Å². The highest BCUT2D eigenvalue weighted by molar-refractivity contribution is 5.55. The lowest BCUT2D eigenvalue weighted by atomic mass is 10.2. The molecular formula is C19H17N3O3. The molecule has 1 aliphatic rings. The number of nitrogens with one attached hydrogen (secondary N) is 1. The summed E-state index contributed by atoms with van der Waals surface area (Å²) in [6, 6.07) is 13.8. The molecule has 126 valence electrons. The van der Waals surface area contributed by atoms with E-state index in [-0.39, 0.29) is 5.69 Å². The first-order chi connectivity index (χ1) is 12.2. The van der Waals surface area contributed by atoms with Crippen molar-refractivity contribution in [3.63, 3.8) is 0 Å². The number of nitriles is 1. The molecule has 0 atom stereocenters. The highest BCUT2D eigenvalue weighted by Gasteiger charge is 2.25. The molecule has 3 aromatic rings. The molecule has 0 bridgehead atoms. The number of hydrogen-bond donors (Lipinski definition) is 1. The molecule has 0 radical (unpaired) electrons. The van der Waals surface area contributed by atoms with Crippen molar-refractivity contribution in [3.05, 3.63) is 53.4 Å². The maximum Gasteiger partial charge on any atom is 0.266 e. The number of ether oxygens (including phenoxy) is 1. The van der Waals surface area contributed by atoms with E-state index in [2.05, 4.69) is 10.3 Å². The van der Waals surface area contributed by atoms with Crippen LogP contribution < -0.4 is 10.1 Å². The molecule has 1 saturated carbocycles. The van der Waals surface area contributed by atoms with Crippen molar-refractivity contribution in [2.75, 3.05) is 5.32 Å². The van der Waals surface area contributed by atoms with Crippen molar-refractivity contribution < 1.29 is 13.6 Å². The van der Waals surface area contributed by atoms with E-state index in [0.29, 0.717) is 35.9 Å². The Morgan fingerprint density at radius 3 is 2.72 bits per heavy atom. The van der Waals surface area contributed by atoms with Crippen molar-refractivity contribution >= 4 is 5.88 Å². The van der Waals surface area contributed by atoms with Gasteiger partial charge in [0.2, 0.25) is 11.6 Å². The molecule has 1 fully saturated rings. The lowest BCUT2D eigenvalue weighted by Gasteiger charge is -2.04. The minimum Gasteiger partial charge on any atom is -0.486 e. The zero-order chi connectivity index (χ0) is 17.2. The van der Waals surface area contributed by atoms with Gasteiger partial charge < -0.3 is 18.9 Å². The van der Waals surface area contributed by atoms with Gasteiger partial charge in [0.25, 0.3) is 5.89 Å². The number of benzene rings is 1. The van der Waals surface area contributed by atoms with Crippen LogP contribution in [-0.2, 0) is 6.61 Å². The van der Waals surface area contributed by atoms with Gasteiger partial charge in [0.1, 0.15) is 24.2 Å². The van der Waals surface area contributed by atoms with Crippen LogP contribution in [0.3, 0.4) is 0 Å². The summed E-state index contributed by atoms with van der Waals surface area (Å²) in [4.78, 5) is 4.20. The lowest BCUT2D eigenvalue weighted by Crippen LogP contribution is -2.00. The van der Waals surface area contributed by atoms with E-state index in [9.17, 15) is 5.26 Å². The van der Waals surface area contributed by atoms with Crippen LogP contribution in [0.15, 0.2) is 45.2 Å². The number of nitrogens with zero attached hydrogens (tertiary/aromatic N) is 2. The van der Waals surface area contributed by atoms with E-state index in [1.807, 2.05) is 43.3 Å². The molecule has 4 rings (SSSR count). The van der Waals surface area contributed by atoms with Gasteiger partial charge >= 0.3 is 0 Å². The molecule has 6 nitrogen and oxygen atoms in total. The van der Waals surface area contributed by atoms with E-state index >= 15 is 0 Å². The summed E-state index contributed by atoms with van der Waals surface area (Å²) in [5.74, 6) is 2.62. The number of aromatic nitrogens is 1. The highest BCUT2D eigenvalue weighted by atomic mass is 16.5. The molecule has 2 heterocycles. The Hall–Kier alpha value is -3.20. The number of aryl methyl sites for hydroxylation is 1. The Morgan fingerprint density at radius 1 is 1.20 bits per heavy atom. The monoisotopic (exact) mass is 335 g/mol. The molecule has 25 heavy (non-hydrogen) atoms. The van der Waals surface area contributed by atoms with Crippen LogP contribution in [0, 0.1) is 18.3 Å². The molecule has 2 aromatic heterocycles. The van der Waals surface area contributed by atoms with Crippen molar-refractivity contribution in [1.29, 1.82) is 5.26 Å². The Balaban J connectivity index is 1.46. The van der Waals surface area contributed by atoms with E-state index in [0.717, 1.165) is 18.6 Å². The summed E-state index contributed by atoms with van der Waals surface area (Å²) in [6.45, 7) is 2.34. The second kappa shape index (κ2) is 6.36. The fraction of sp³-hybridized carbons (Fsp3) is 0.263. The highest BCUT2D eigenvalue weighted by Crippen LogP contribution is 2.31. The van der Waals surface area contributed by atoms with Crippen LogP contribution in [0.2, 0.25) is 0 Å². The molecule has 1 aromatic carbocycles. The number of hydrogen-bond acceptors (Lipinski definition) is 6. The van der Waals surface area contributed by atoms with E-state index < -0.39 is 0 Å². The molecular weight excluding hydrogens is 318 g/mol. The summed E-state index contributed by atoms with van der Waals surface area (Å²) in [5.41, 5.74) is 1.43. The number of furan rings is 1. The SMILES string of the molecule is Cc1ccc(OCc2ccc(-c3nc(C#N)c(NC4CC4)o3)o2)cc1. The molecule has 0 amide bonds. The van der Waals surface area contributed by atoms with Gasteiger partial charge in [0, 0.05) is 6.04 Å². The summed E-state index contributed by atoms with van der Waals surface area (Å²) in [6.07, 6.45) is 2.17. The van der Waals surface area contributed by atoms with Crippen molar-refractivity contribution in [2.45, 2.75) is 32.4 Å². The van der Waals surface area contributed by atoms with Gasteiger partial charge in [0.15, 0.2) is 5.76 Å². The second-order valence-electron chi connectivity index (χ2n) is 6.09. The third kappa shape index (κ3) is 3.50. The van der Waals surface area contributed by atoms with Crippen LogP contribution >= 0.6 is 0 Å². The zero-order valence-electron chi connectivity index (χ0n) is 13.8. The largest absolute Gasteiger partial charge is 0.486 e. The number of anilines is 1. The van der Waals surface area contributed by atoms with Crippen LogP contribution in [0.25, 0.3) is 11.7 Å². The van der Waals surface area contributed by atoms with Crippen LogP contribution in [-0.4, -0.2) is 11.0 Å². The Bertz CT molecular complexity index is 914. The normalized spacial score (nSPS) is 13.4. The minimum atomic E-state index is 0.246. The summed E-state index contributed by atoms with van der Waals surface area (Å²) >= 11 is 0. The summed E-state index contributed by atoms with van der Waals surface area (Å²) in [7, 11) is 0. The smallest absolute Gasteiger partial charge is 0.266 e. The third-order valence-electron chi connectivity index (χ3n) is 3.92. The lowest BCUT2D eigenvalue weighted by molar-refractivity contribution is 0.271. The topological polar surface area (TPSA) is 84.2 Å². The molecule has 0 spiro atoms. The summed E-state index contributed by atoms with van der Waals surface area (Å²) < 4.78 is 17.1. The van der Waals surface area contributed by atoms with Crippen molar-refractivity contribution in [3.8, 4) is 23.5 Å². The first-order valence-electron chi connectivity index (χ1n) is 8.17. The second-order valence-corrected chi connectivity index (χ2v) is 6.09. The molecule has 0 saturated heterocycles. The van der Waals surface area contributed by atoms with E-state index in [1.54, 1.807) is 6.07 Å². The predicted octanol–water partition coefficient (Wildman–Crippen LogP) is 4.27. The van der Waals surface area contributed by atoms with Crippen molar-refractivity contribution in [2.24, 2.45) is 0 Å². The Morgan fingerprint density at radius 2 is 2.00 bits per heavy atom. The number of oxazole rings is 1.